The van der Waals surface area contributed by atoms with Crippen LogP contribution in [0.4, 0.5) is 0 Å². The summed E-state index contributed by atoms with van der Waals surface area (Å²) in [5, 5.41) is 12.4. The van der Waals surface area contributed by atoms with Crippen molar-refractivity contribution in [1.29, 1.82) is 0 Å². The van der Waals surface area contributed by atoms with Crippen LogP contribution in [0.3, 0.4) is 0 Å². The Hall–Kier alpha value is -8.18. The number of benzene rings is 10. The molecule has 3 heterocycles. The van der Waals surface area contributed by atoms with Crippen molar-refractivity contribution in [2.75, 3.05) is 0 Å². The highest BCUT2D eigenvalue weighted by molar-refractivity contribution is 7.19. The standard InChI is InChI=1S/C60H40N2OSi/c1-4-18-41(19-5-1)42-32-36-46(37-33-42)64(44-20-6-2-7-21-44,45-22-8-3-9-23-45)47-38-34-43(35-39-47)61-53-28-14-12-26-50(53)52-40-56(60-58(59(52)61)51-27-13-17-31-57(51)63-60)62-54-29-15-10-24-48(54)49-25-11-16-30-55(49)62/h1-40H. The third kappa shape index (κ3) is 5.33. The second kappa shape index (κ2) is 14.5. The van der Waals surface area contributed by atoms with Crippen molar-refractivity contribution in [2.24, 2.45) is 0 Å². The van der Waals surface area contributed by atoms with E-state index in [-0.39, 0.29) is 0 Å². The lowest BCUT2D eigenvalue weighted by atomic mass is 10.1. The van der Waals surface area contributed by atoms with E-state index in [1.54, 1.807) is 0 Å². The summed E-state index contributed by atoms with van der Waals surface area (Å²) in [6.45, 7) is 0. The van der Waals surface area contributed by atoms with Gasteiger partial charge in [-0.15, -0.1) is 0 Å². The van der Waals surface area contributed by atoms with Gasteiger partial charge in [-0.1, -0.05) is 200 Å². The molecule has 4 heteroatoms. The summed E-state index contributed by atoms with van der Waals surface area (Å²) in [6, 6.07) is 89.1. The molecule has 0 bridgehead atoms. The fourth-order valence-corrected chi connectivity index (χ4v) is 15.4. The average molecular weight is 833 g/mol. The summed E-state index contributed by atoms with van der Waals surface area (Å²) in [5.74, 6) is 0. The zero-order valence-corrected chi connectivity index (χ0v) is 35.9. The molecule has 0 spiro atoms. The van der Waals surface area contributed by atoms with Gasteiger partial charge >= 0.3 is 0 Å². The van der Waals surface area contributed by atoms with E-state index in [4.69, 9.17) is 4.42 Å². The minimum absolute atomic E-state index is 0.874. The molecule has 13 rings (SSSR count). The normalized spacial score (nSPS) is 12.1. The number of furan rings is 1. The molecule has 0 amide bonds. The molecule has 64 heavy (non-hydrogen) atoms. The van der Waals surface area contributed by atoms with Crippen molar-refractivity contribution < 1.29 is 4.42 Å². The van der Waals surface area contributed by atoms with Gasteiger partial charge in [0.2, 0.25) is 0 Å². The van der Waals surface area contributed by atoms with Crippen LogP contribution in [0.15, 0.2) is 247 Å². The molecular formula is C60H40N2OSi. The molecule has 0 aliphatic carbocycles. The summed E-state index contributed by atoms with van der Waals surface area (Å²) in [5.41, 5.74) is 10.9. The molecule has 0 fully saturated rings. The van der Waals surface area contributed by atoms with Crippen LogP contribution in [0.5, 0.6) is 0 Å². The van der Waals surface area contributed by atoms with Gasteiger partial charge in [0.15, 0.2) is 13.7 Å². The number of nitrogens with zero attached hydrogens (tertiary/aromatic N) is 2. The summed E-state index contributed by atoms with van der Waals surface area (Å²) >= 11 is 0. The Bertz CT molecular complexity index is 3770. The average Bonchev–Trinajstić information content (AvgIpc) is 4.04. The molecule has 13 aromatic rings. The first-order valence-corrected chi connectivity index (χ1v) is 24.0. The highest BCUT2D eigenvalue weighted by Crippen LogP contribution is 2.45. The van der Waals surface area contributed by atoms with E-state index in [0.29, 0.717) is 0 Å². The molecule has 3 nitrogen and oxygen atoms in total. The maximum Gasteiger partial charge on any atom is 0.179 e. The van der Waals surface area contributed by atoms with E-state index in [2.05, 4.69) is 252 Å². The maximum atomic E-state index is 7.02. The van der Waals surface area contributed by atoms with Crippen molar-refractivity contribution in [2.45, 2.75) is 0 Å². The third-order valence-electron chi connectivity index (χ3n) is 13.5. The maximum absolute atomic E-state index is 7.02. The van der Waals surface area contributed by atoms with Crippen LogP contribution < -0.4 is 20.7 Å². The van der Waals surface area contributed by atoms with Crippen LogP contribution in [0.1, 0.15) is 0 Å². The number of rotatable bonds is 7. The van der Waals surface area contributed by atoms with Gasteiger partial charge in [-0.25, -0.2) is 0 Å². The van der Waals surface area contributed by atoms with Gasteiger partial charge in [0.1, 0.15) is 5.58 Å². The fourth-order valence-electron chi connectivity index (χ4n) is 10.7. The van der Waals surface area contributed by atoms with Crippen molar-refractivity contribution in [3.63, 3.8) is 0 Å². The molecule has 3 aromatic heterocycles. The van der Waals surface area contributed by atoms with Gasteiger partial charge in [0.05, 0.1) is 33.1 Å². The highest BCUT2D eigenvalue weighted by atomic mass is 28.3. The molecule has 10 aromatic carbocycles. The zero-order valence-electron chi connectivity index (χ0n) is 34.9. The van der Waals surface area contributed by atoms with Gasteiger partial charge in [-0.2, -0.15) is 0 Å². The molecule has 0 unspecified atom stereocenters. The second-order valence-corrected chi connectivity index (χ2v) is 20.6. The number of aromatic nitrogens is 2. The van der Waals surface area contributed by atoms with Gasteiger partial charge < -0.3 is 13.6 Å². The first-order chi connectivity index (χ1) is 31.8. The smallest absolute Gasteiger partial charge is 0.179 e. The number of hydrogen-bond donors (Lipinski definition) is 0. The molecule has 0 aliphatic rings. The van der Waals surface area contributed by atoms with Gasteiger partial charge in [-0.05, 0) is 74.3 Å². The van der Waals surface area contributed by atoms with E-state index >= 15 is 0 Å². The quantitative estimate of drug-likeness (QED) is 0.116. The minimum atomic E-state index is -2.82. The summed E-state index contributed by atoms with van der Waals surface area (Å²) < 4.78 is 11.9. The predicted octanol–water partition coefficient (Wildman–Crippen LogP) is 12.8. The van der Waals surface area contributed by atoms with Crippen molar-refractivity contribution in [1.82, 2.24) is 9.13 Å². The van der Waals surface area contributed by atoms with Crippen LogP contribution in [0, 0.1) is 0 Å². The van der Waals surface area contributed by atoms with Gasteiger partial charge in [-0.3, -0.25) is 0 Å². The predicted molar refractivity (Wildman–Crippen MR) is 271 cm³/mol. The number of para-hydroxylation sites is 4. The minimum Gasteiger partial charge on any atom is -0.454 e. The Morgan fingerprint density at radius 1 is 0.328 bits per heavy atom. The van der Waals surface area contributed by atoms with E-state index < -0.39 is 8.07 Å². The topological polar surface area (TPSA) is 23.0 Å². The monoisotopic (exact) mass is 832 g/mol. The molecule has 300 valence electrons. The lowest BCUT2D eigenvalue weighted by Crippen LogP contribution is -2.74. The molecule has 0 aliphatic heterocycles. The van der Waals surface area contributed by atoms with Crippen LogP contribution >= 0.6 is 0 Å². The summed E-state index contributed by atoms with van der Waals surface area (Å²) in [6.07, 6.45) is 0. The number of fused-ring (bicyclic) bond motifs is 10. The van der Waals surface area contributed by atoms with E-state index in [1.807, 2.05) is 0 Å². The first-order valence-electron chi connectivity index (χ1n) is 22.0. The van der Waals surface area contributed by atoms with E-state index in [9.17, 15) is 0 Å². The molecular weight excluding hydrogens is 793 g/mol. The lowest BCUT2D eigenvalue weighted by molar-refractivity contribution is 0.666. The number of hydrogen-bond acceptors (Lipinski definition) is 1. The van der Waals surface area contributed by atoms with Gasteiger partial charge in [0, 0.05) is 32.6 Å². The lowest BCUT2D eigenvalue weighted by Gasteiger charge is -2.34. The zero-order chi connectivity index (χ0) is 42.2. The third-order valence-corrected chi connectivity index (χ3v) is 18.3. The Morgan fingerprint density at radius 2 is 0.750 bits per heavy atom. The van der Waals surface area contributed by atoms with Gasteiger partial charge in [0.25, 0.3) is 0 Å². The largest absolute Gasteiger partial charge is 0.454 e. The van der Waals surface area contributed by atoms with E-state index in [1.165, 1.54) is 53.4 Å². The molecule has 0 N–H and O–H groups in total. The van der Waals surface area contributed by atoms with Crippen molar-refractivity contribution in [3.8, 4) is 22.5 Å². The SMILES string of the molecule is c1ccc(-c2ccc([Si](c3ccccc3)(c3ccccc3)c3ccc(-n4c5ccccc5c5cc(-n6c7ccccc7c7ccccc76)c6oc7ccccc7c6c54)cc3)cc2)cc1. The Morgan fingerprint density at radius 3 is 1.33 bits per heavy atom. The summed E-state index contributed by atoms with van der Waals surface area (Å²) in [7, 11) is -2.82. The Labute approximate surface area is 371 Å². The highest BCUT2D eigenvalue weighted by Gasteiger charge is 2.41. The van der Waals surface area contributed by atoms with Crippen molar-refractivity contribution >= 4 is 94.4 Å². The molecule has 0 saturated heterocycles. The first kappa shape index (κ1) is 36.5. The van der Waals surface area contributed by atoms with Crippen molar-refractivity contribution in [3.05, 3.63) is 243 Å². The second-order valence-electron chi connectivity index (χ2n) is 16.8. The Kier molecular flexibility index (Phi) is 8.23. The van der Waals surface area contributed by atoms with E-state index in [0.717, 1.165) is 55.4 Å². The van der Waals surface area contributed by atoms with Crippen LogP contribution in [-0.2, 0) is 0 Å². The summed E-state index contributed by atoms with van der Waals surface area (Å²) in [4.78, 5) is 0. The van der Waals surface area contributed by atoms with Crippen LogP contribution in [0.25, 0.3) is 88.1 Å². The van der Waals surface area contributed by atoms with Crippen LogP contribution in [0.2, 0.25) is 0 Å². The Balaban J connectivity index is 1.08. The van der Waals surface area contributed by atoms with Crippen LogP contribution in [-0.4, -0.2) is 17.2 Å². The molecule has 0 saturated carbocycles. The molecule has 0 atom stereocenters. The molecule has 0 radical (unpaired) electrons. The fraction of sp³-hybridized carbons (Fsp3) is 0.